The van der Waals surface area contributed by atoms with Crippen LogP contribution >= 0.6 is 11.6 Å². The van der Waals surface area contributed by atoms with E-state index in [1.807, 2.05) is 9.80 Å². The van der Waals surface area contributed by atoms with Crippen LogP contribution in [0.3, 0.4) is 0 Å². The lowest BCUT2D eigenvalue weighted by molar-refractivity contribution is -0.137. The number of aliphatic hydroxyl groups excluding tert-OH is 1. The number of piperazine rings is 1. The van der Waals surface area contributed by atoms with Gasteiger partial charge in [-0.1, -0.05) is 11.6 Å². The molecule has 1 aromatic carbocycles. The molecule has 2 saturated heterocycles. The fourth-order valence-electron chi connectivity index (χ4n) is 4.16. The van der Waals surface area contributed by atoms with Crippen molar-refractivity contribution in [3.63, 3.8) is 0 Å². The van der Waals surface area contributed by atoms with E-state index in [1.54, 1.807) is 17.0 Å². The molecular formula is C23H21ClF4N6O. The number of β-amino-alcohol motifs (C(OH)–C–C–N with tert-alkyl or cyclic N) is 1. The van der Waals surface area contributed by atoms with Crippen molar-refractivity contribution >= 4 is 29.2 Å². The molecule has 0 radical (unpaired) electrons. The normalized spacial score (nSPS) is 17.0. The molecular weight excluding hydrogens is 488 g/mol. The number of anilines is 3. The summed E-state index contributed by atoms with van der Waals surface area (Å²) in [5.41, 5.74) is 0.369. The average molecular weight is 509 g/mol. The van der Waals surface area contributed by atoms with Gasteiger partial charge < -0.3 is 19.8 Å². The van der Waals surface area contributed by atoms with Crippen LogP contribution in [0.2, 0.25) is 5.02 Å². The van der Waals surface area contributed by atoms with Gasteiger partial charge in [-0.25, -0.2) is 14.4 Å². The summed E-state index contributed by atoms with van der Waals surface area (Å²) in [6, 6.07) is 8.38. The lowest BCUT2D eigenvalue weighted by Gasteiger charge is -2.38. The topological polar surface area (TPSA) is 68.6 Å². The summed E-state index contributed by atoms with van der Waals surface area (Å²) >= 11 is 5.97. The predicted octanol–water partition coefficient (Wildman–Crippen LogP) is 3.86. The van der Waals surface area contributed by atoms with Crippen molar-refractivity contribution in [3.8, 4) is 11.3 Å². The van der Waals surface area contributed by atoms with Gasteiger partial charge in [-0.05, 0) is 30.3 Å². The smallest absolute Gasteiger partial charge is 0.389 e. The lowest BCUT2D eigenvalue weighted by Crippen LogP contribution is -2.52. The monoisotopic (exact) mass is 508 g/mol. The summed E-state index contributed by atoms with van der Waals surface area (Å²) in [4.78, 5) is 18.6. The van der Waals surface area contributed by atoms with Gasteiger partial charge in [0.25, 0.3) is 0 Å². The molecule has 35 heavy (non-hydrogen) atoms. The predicted molar refractivity (Wildman–Crippen MR) is 124 cm³/mol. The Morgan fingerprint density at radius 1 is 0.943 bits per heavy atom. The molecule has 12 heteroatoms. The Labute approximate surface area is 203 Å². The van der Waals surface area contributed by atoms with E-state index >= 15 is 0 Å². The maximum atomic E-state index is 13.7. The molecule has 7 nitrogen and oxygen atoms in total. The first kappa shape index (κ1) is 23.6. The van der Waals surface area contributed by atoms with E-state index in [-0.39, 0.29) is 10.8 Å². The minimum Gasteiger partial charge on any atom is -0.389 e. The van der Waals surface area contributed by atoms with Crippen LogP contribution in [-0.2, 0) is 6.18 Å². The molecule has 2 aliphatic rings. The number of rotatable bonds is 4. The quantitative estimate of drug-likeness (QED) is 0.537. The van der Waals surface area contributed by atoms with E-state index in [1.165, 1.54) is 24.4 Å². The third-order valence-electron chi connectivity index (χ3n) is 6.06. The molecule has 2 fully saturated rings. The molecule has 0 amide bonds. The standard InChI is InChI=1S/C23H21ClF4N6O/c24-17-10-14(3-4-18(17)25)19-11-20(31-22(30-19)34-12-15(35)13-34)32-6-8-33(9-7-32)21-16(23(26,27)28)2-1-5-29-21/h1-5,10-11,15,35H,6-9,12-13H2. The van der Waals surface area contributed by atoms with Crippen LogP contribution in [0, 0.1) is 5.82 Å². The van der Waals surface area contributed by atoms with Gasteiger partial charge in [-0.3, -0.25) is 0 Å². The van der Waals surface area contributed by atoms with Crippen LogP contribution < -0.4 is 14.7 Å². The van der Waals surface area contributed by atoms with E-state index in [0.717, 1.165) is 6.07 Å². The van der Waals surface area contributed by atoms with Crippen molar-refractivity contribution in [3.05, 3.63) is 59.0 Å². The van der Waals surface area contributed by atoms with E-state index in [0.29, 0.717) is 62.3 Å². The number of alkyl halides is 3. The summed E-state index contributed by atoms with van der Waals surface area (Å²) < 4.78 is 54.0. The van der Waals surface area contributed by atoms with Crippen molar-refractivity contribution < 1.29 is 22.7 Å². The van der Waals surface area contributed by atoms with Crippen LogP contribution in [0.4, 0.5) is 35.1 Å². The molecule has 0 unspecified atom stereocenters. The second kappa shape index (κ2) is 9.12. The third-order valence-corrected chi connectivity index (χ3v) is 6.35. The van der Waals surface area contributed by atoms with Gasteiger partial charge in [-0.15, -0.1) is 0 Å². The zero-order valence-corrected chi connectivity index (χ0v) is 19.1. The molecule has 0 bridgehead atoms. The van der Waals surface area contributed by atoms with Crippen molar-refractivity contribution in [2.24, 2.45) is 0 Å². The van der Waals surface area contributed by atoms with Crippen LogP contribution in [0.15, 0.2) is 42.6 Å². The van der Waals surface area contributed by atoms with Crippen molar-refractivity contribution in [2.45, 2.75) is 12.3 Å². The largest absolute Gasteiger partial charge is 0.419 e. The van der Waals surface area contributed by atoms with Crippen molar-refractivity contribution in [2.75, 3.05) is 54.0 Å². The first-order valence-electron chi connectivity index (χ1n) is 11.0. The fourth-order valence-corrected chi connectivity index (χ4v) is 4.35. The molecule has 0 saturated carbocycles. The number of hydrogen-bond acceptors (Lipinski definition) is 7. The minimum atomic E-state index is -4.49. The van der Waals surface area contributed by atoms with Crippen LogP contribution in [0.5, 0.6) is 0 Å². The summed E-state index contributed by atoms with van der Waals surface area (Å²) in [6.07, 6.45) is -3.60. The SMILES string of the molecule is OC1CN(c2nc(-c3ccc(F)c(Cl)c3)cc(N3CCN(c4ncccc4C(F)(F)F)CC3)n2)C1. The second-order valence-electron chi connectivity index (χ2n) is 8.45. The number of aliphatic hydroxyl groups is 1. The number of aromatic nitrogens is 3. The van der Waals surface area contributed by atoms with Crippen molar-refractivity contribution in [1.29, 1.82) is 0 Å². The molecule has 0 aliphatic carbocycles. The van der Waals surface area contributed by atoms with E-state index in [4.69, 9.17) is 11.6 Å². The molecule has 3 aromatic rings. The first-order chi connectivity index (χ1) is 16.7. The highest BCUT2D eigenvalue weighted by molar-refractivity contribution is 6.31. The number of halogens is 5. The van der Waals surface area contributed by atoms with Gasteiger partial charge >= 0.3 is 6.18 Å². The fraction of sp³-hybridized carbons (Fsp3) is 0.348. The van der Waals surface area contributed by atoms with E-state index < -0.39 is 23.7 Å². The Morgan fingerprint density at radius 2 is 1.66 bits per heavy atom. The Balaban J connectivity index is 1.41. The maximum absolute atomic E-state index is 13.7. The van der Waals surface area contributed by atoms with Gasteiger partial charge in [0.2, 0.25) is 5.95 Å². The maximum Gasteiger partial charge on any atom is 0.419 e. The highest BCUT2D eigenvalue weighted by atomic mass is 35.5. The van der Waals surface area contributed by atoms with Gasteiger partial charge in [-0.2, -0.15) is 18.2 Å². The number of hydrogen-bond donors (Lipinski definition) is 1. The first-order valence-corrected chi connectivity index (χ1v) is 11.4. The molecule has 0 spiro atoms. The number of nitrogens with zero attached hydrogens (tertiary/aromatic N) is 6. The summed E-state index contributed by atoms with van der Waals surface area (Å²) in [5.74, 6) is 0.372. The van der Waals surface area contributed by atoms with E-state index in [9.17, 15) is 22.7 Å². The van der Waals surface area contributed by atoms with Crippen LogP contribution in [0.25, 0.3) is 11.3 Å². The number of pyridine rings is 1. The summed E-state index contributed by atoms with van der Waals surface area (Å²) in [5, 5.41) is 9.68. The van der Waals surface area contributed by atoms with Crippen LogP contribution in [-0.4, -0.2) is 65.4 Å². The summed E-state index contributed by atoms with van der Waals surface area (Å²) in [6.45, 7) is 2.24. The second-order valence-corrected chi connectivity index (χ2v) is 8.85. The highest BCUT2D eigenvalue weighted by Crippen LogP contribution is 2.36. The zero-order chi connectivity index (χ0) is 24.7. The molecule has 1 N–H and O–H groups in total. The van der Waals surface area contributed by atoms with Gasteiger partial charge in [0, 0.05) is 57.1 Å². The third kappa shape index (κ3) is 4.83. The molecule has 184 valence electrons. The van der Waals surface area contributed by atoms with Gasteiger partial charge in [0.1, 0.15) is 17.5 Å². The highest BCUT2D eigenvalue weighted by Gasteiger charge is 2.36. The Hall–Kier alpha value is -3.18. The molecule has 5 rings (SSSR count). The molecule has 2 aliphatic heterocycles. The Bertz CT molecular complexity index is 1230. The van der Waals surface area contributed by atoms with Gasteiger partial charge in [0.05, 0.1) is 22.4 Å². The molecule has 4 heterocycles. The van der Waals surface area contributed by atoms with E-state index in [2.05, 4.69) is 15.0 Å². The average Bonchev–Trinajstić information content (AvgIpc) is 2.83. The van der Waals surface area contributed by atoms with Crippen molar-refractivity contribution in [1.82, 2.24) is 15.0 Å². The minimum absolute atomic E-state index is 0.0342. The lowest BCUT2D eigenvalue weighted by atomic mass is 10.1. The Morgan fingerprint density at radius 3 is 2.31 bits per heavy atom. The Kier molecular flexibility index (Phi) is 6.14. The molecule has 0 atom stereocenters. The van der Waals surface area contributed by atoms with Crippen LogP contribution in [0.1, 0.15) is 5.56 Å². The van der Waals surface area contributed by atoms with Gasteiger partial charge in [0.15, 0.2) is 0 Å². The summed E-state index contributed by atoms with van der Waals surface area (Å²) in [7, 11) is 0. The zero-order valence-electron chi connectivity index (χ0n) is 18.4. The molecule has 2 aromatic heterocycles. The number of benzene rings is 1.